The zero-order valence-electron chi connectivity index (χ0n) is 24.8. The number of aromatic nitrogens is 4. The summed E-state index contributed by atoms with van der Waals surface area (Å²) in [7, 11) is 0. The number of benzene rings is 4. The summed E-state index contributed by atoms with van der Waals surface area (Å²) in [5.41, 5.74) is 7.41. The average Bonchev–Trinajstić information content (AvgIpc) is 3.50. The minimum absolute atomic E-state index is 0.00805. The Kier molecular flexibility index (Phi) is 8.04. The van der Waals surface area contributed by atoms with Crippen LogP contribution in [0.3, 0.4) is 0 Å². The number of imidazole rings is 1. The Balaban J connectivity index is 1.09. The van der Waals surface area contributed by atoms with E-state index in [9.17, 15) is 9.90 Å². The van der Waals surface area contributed by atoms with Crippen molar-refractivity contribution in [3.8, 4) is 0 Å². The molecule has 6 aromatic rings. The van der Waals surface area contributed by atoms with Crippen LogP contribution >= 0.6 is 0 Å². The predicted molar refractivity (Wildman–Crippen MR) is 170 cm³/mol. The lowest BCUT2D eigenvalue weighted by molar-refractivity contribution is -0.276. The van der Waals surface area contributed by atoms with Gasteiger partial charge in [0, 0.05) is 18.0 Å². The van der Waals surface area contributed by atoms with Crippen LogP contribution in [0.25, 0.3) is 22.1 Å². The Morgan fingerprint density at radius 1 is 0.822 bits per heavy atom. The Morgan fingerprint density at radius 3 is 2.29 bits per heavy atom. The molecule has 4 aromatic carbocycles. The monoisotopic (exact) mass is 599 g/mol. The van der Waals surface area contributed by atoms with E-state index in [-0.39, 0.29) is 36.3 Å². The third-order valence-corrected chi connectivity index (χ3v) is 8.41. The van der Waals surface area contributed by atoms with Crippen molar-refractivity contribution in [2.45, 2.75) is 45.1 Å². The summed E-state index contributed by atoms with van der Waals surface area (Å²) in [5, 5.41) is 12.5. The van der Waals surface area contributed by atoms with Gasteiger partial charge in [0.05, 0.1) is 60.0 Å². The maximum atomic E-state index is 12.8. The Labute approximate surface area is 260 Å². The number of carbonyl (C=O) groups is 1. The average molecular weight is 600 g/mol. The van der Waals surface area contributed by atoms with E-state index < -0.39 is 6.29 Å². The van der Waals surface area contributed by atoms with Gasteiger partial charge in [-0.05, 0) is 41.0 Å². The summed E-state index contributed by atoms with van der Waals surface area (Å²) in [4.78, 5) is 26.1. The van der Waals surface area contributed by atoms with E-state index in [4.69, 9.17) is 9.47 Å². The van der Waals surface area contributed by atoms with Crippen molar-refractivity contribution in [3.63, 3.8) is 0 Å². The minimum Gasteiger partial charge on any atom is -0.392 e. The van der Waals surface area contributed by atoms with Crippen molar-refractivity contribution >= 4 is 28.0 Å². The van der Waals surface area contributed by atoms with Gasteiger partial charge in [-0.25, -0.2) is 9.97 Å². The van der Waals surface area contributed by atoms with Crippen LogP contribution in [-0.4, -0.2) is 36.6 Å². The Hall–Kier alpha value is -4.96. The van der Waals surface area contributed by atoms with Gasteiger partial charge in [0.25, 0.3) is 5.91 Å². The second-order valence-electron chi connectivity index (χ2n) is 11.4. The Bertz CT molecular complexity index is 1940. The first kappa shape index (κ1) is 28.8. The first-order valence-electron chi connectivity index (χ1n) is 15.0. The minimum atomic E-state index is -0.597. The summed E-state index contributed by atoms with van der Waals surface area (Å²) in [6, 6.07) is 31.3. The predicted octanol–water partition coefficient (Wildman–Crippen LogP) is 5.89. The van der Waals surface area contributed by atoms with E-state index in [1.807, 2.05) is 97.3 Å². The molecule has 0 saturated carbocycles. The van der Waals surface area contributed by atoms with E-state index in [2.05, 4.69) is 37.8 Å². The van der Waals surface area contributed by atoms with Gasteiger partial charge in [-0.2, -0.15) is 0 Å². The smallest absolute Gasteiger partial charge is 0.271 e. The molecule has 3 heterocycles. The van der Waals surface area contributed by atoms with Gasteiger partial charge in [-0.15, -0.1) is 0 Å². The molecule has 0 radical (unpaired) electrons. The van der Waals surface area contributed by atoms with Gasteiger partial charge < -0.3 is 24.5 Å². The van der Waals surface area contributed by atoms with Crippen LogP contribution in [0.4, 0.5) is 0 Å². The quantitative estimate of drug-likeness (QED) is 0.224. The van der Waals surface area contributed by atoms with E-state index in [0.717, 1.165) is 38.8 Å². The number of fused-ring (bicyclic) bond motifs is 2. The lowest BCUT2D eigenvalue weighted by Gasteiger charge is -2.41. The molecule has 4 atom stereocenters. The molecule has 0 spiro atoms. The number of rotatable bonds is 8. The number of hydrogen-bond donors (Lipinski definition) is 2. The number of amides is 1. The maximum Gasteiger partial charge on any atom is 0.271 e. The number of nitrogens with one attached hydrogen (secondary N) is 1. The molecule has 1 aliphatic heterocycles. The third kappa shape index (κ3) is 6.06. The number of aliphatic hydroxyl groups is 1. The molecule has 1 saturated heterocycles. The normalized spacial score (nSPS) is 20.0. The zero-order valence-corrected chi connectivity index (χ0v) is 24.8. The van der Waals surface area contributed by atoms with E-state index in [1.54, 1.807) is 0 Å². The fraction of sp³-hybridized carbons (Fsp3) is 0.222. The number of aliphatic hydroxyl groups excluding tert-OH is 1. The molecule has 9 heteroatoms. The van der Waals surface area contributed by atoms with Crippen LogP contribution in [0.2, 0.25) is 0 Å². The molecule has 226 valence electrons. The fourth-order valence-corrected chi connectivity index (χ4v) is 5.81. The highest BCUT2D eigenvalue weighted by Crippen LogP contribution is 2.42. The molecule has 1 aliphatic rings. The van der Waals surface area contributed by atoms with E-state index >= 15 is 0 Å². The van der Waals surface area contributed by atoms with Crippen molar-refractivity contribution < 1.29 is 19.4 Å². The van der Waals surface area contributed by atoms with Crippen LogP contribution in [0.1, 0.15) is 52.1 Å². The molecule has 45 heavy (non-hydrogen) atoms. The summed E-state index contributed by atoms with van der Waals surface area (Å²) in [5.74, 6) is -0.245. The second kappa shape index (κ2) is 12.6. The molecule has 7 rings (SSSR count). The first-order chi connectivity index (χ1) is 22.1. The van der Waals surface area contributed by atoms with Crippen LogP contribution in [0.15, 0.2) is 110 Å². The fourth-order valence-electron chi connectivity index (χ4n) is 5.81. The van der Waals surface area contributed by atoms with Crippen LogP contribution in [-0.2, 0) is 29.2 Å². The highest BCUT2D eigenvalue weighted by molar-refractivity contribution is 5.93. The lowest BCUT2D eigenvalue weighted by Crippen LogP contribution is -2.39. The van der Waals surface area contributed by atoms with Gasteiger partial charge in [-0.1, -0.05) is 79.7 Å². The number of nitrogens with zero attached hydrogens (tertiary/aromatic N) is 4. The summed E-state index contributed by atoms with van der Waals surface area (Å²) in [6.07, 6.45) is 2.38. The molecular weight excluding hydrogens is 566 g/mol. The lowest BCUT2D eigenvalue weighted by atomic mass is 9.90. The molecule has 0 unspecified atom stereocenters. The number of para-hydroxylation sites is 4. The summed E-state index contributed by atoms with van der Waals surface area (Å²) >= 11 is 0. The van der Waals surface area contributed by atoms with E-state index in [1.165, 1.54) is 6.20 Å². The standard InChI is InChI=1S/C36H33N5O4/c1-23-33(20-41-22-39-30-8-4-5-9-32(30)41)44-36(45-34(23)26-14-12-25(21-42)13-15-26)27-16-10-24(11-17-27)18-38-35(43)31-19-37-28-6-2-3-7-29(28)40-31/h2-17,19,22-23,33-34,36,42H,18,20-21H2,1H3,(H,38,43)/t23-,33+,34+,36+/m0/s1. The molecule has 2 N–H and O–H groups in total. The van der Waals surface area contributed by atoms with Crippen LogP contribution in [0.5, 0.6) is 0 Å². The molecule has 0 aliphatic carbocycles. The first-order valence-corrected chi connectivity index (χ1v) is 15.0. The summed E-state index contributed by atoms with van der Waals surface area (Å²) < 4.78 is 15.4. The Morgan fingerprint density at radius 2 is 1.51 bits per heavy atom. The van der Waals surface area contributed by atoms with Crippen molar-refractivity contribution in [1.82, 2.24) is 24.8 Å². The van der Waals surface area contributed by atoms with Gasteiger partial charge in [0.2, 0.25) is 0 Å². The number of hydrogen-bond acceptors (Lipinski definition) is 7. The topological polar surface area (TPSA) is 111 Å². The van der Waals surface area contributed by atoms with Gasteiger partial charge in [0.1, 0.15) is 5.69 Å². The molecule has 9 nitrogen and oxygen atoms in total. The van der Waals surface area contributed by atoms with Crippen molar-refractivity contribution in [3.05, 3.63) is 138 Å². The summed E-state index contributed by atoms with van der Waals surface area (Å²) in [6.45, 7) is 3.10. The number of ether oxygens (including phenoxy) is 2. The van der Waals surface area contributed by atoms with Crippen LogP contribution < -0.4 is 5.32 Å². The van der Waals surface area contributed by atoms with Crippen molar-refractivity contribution in [1.29, 1.82) is 0 Å². The van der Waals surface area contributed by atoms with E-state index in [0.29, 0.717) is 18.6 Å². The SMILES string of the molecule is C[C@H]1[C@@H](Cn2cnc3ccccc32)O[C@@H](c2ccc(CNC(=O)c3cnc4ccccc4n3)cc2)O[C@H]1c1ccc(CO)cc1. The van der Waals surface area contributed by atoms with Crippen molar-refractivity contribution in [2.24, 2.45) is 5.92 Å². The molecule has 0 bridgehead atoms. The van der Waals surface area contributed by atoms with Crippen LogP contribution in [0, 0.1) is 5.92 Å². The van der Waals surface area contributed by atoms with Gasteiger partial charge in [0.15, 0.2) is 6.29 Å². The second-order valence-corrected chi connectivity index (χ2v) is 11.4. The highest BCUT2D eigenvalue weighted by atomic mass is 16.7. The van der Waals surface area contributed by atoms with Gasteiger partial charge in [-0.3, -0.25) is 9.78 Å². The molecule has 1 fully saturated rings. The van der Waals surface area contributed by atoms with Crippen molar-refractivity contribution in [2.75, 3.05) is 0 Å². The zero-order chi connectivity index (χ0) is 30.8. The molecule has 1 amide bonds. The van der Waals surface area contributed by atoms with Gasteiger partial charge >= 0.3 is 0 Å². The molecular formula is C36H33N5O4. The highest BCUT2D eigenvalue weighted by Gasteiger charge is 2.38. The third-order valence-electron chi connectivity index (χ3n) is 8.41. The number of carbonyl (C=O) groups excluding carboxylic acids is 1. The molecule has 2 aromatic heterocycles. The largest absolute Gasteiger partial charge is 0.392 e. The maximum absolute atomic E-state index is 12.8.